The third-order valence-electron chi connectivity index (χ3n) is 2.64. The Morgan fingerprint density at radius 2 is 1.33 bits per heavy atom. The normalized spacial score (nSPS) is 38.2. The van der Waals surface area contributed by atoms with E-state index in [1.54, 1.807) is 0 Å². The van der Waals surface area contributed by atoms with Gasteiger partial charge in [-0.1, -0.05) is 13.8 Å². The molecule has 12 heavy (non-hydrogen) atoms. The molecule has 0 saturated heterocycles. The monoisotopic (exact) mass is 244 g/mol. The van der Waals surface area contributed by atoms with Crippen LogP contribution in [0.15, 0.2) is 0 Å². The number of hydrogen-bond acceptors (Lipinski definition) is 0. The maximum absolute atomic E-state index is 6.01. The Morgan fingerprint density at radius 1 is 0.917 bits per heavy atom. The van der Waals surface area contributed by atoms with Crippen LogP contribution in [0.25, 0.3) is 0 Å². The topological polar surface area (TPSA) is 0 Å². The minimum Gasteiger partial charge on any atom is -0.126 e. The summed E-state index contributed by atoms with van der Waals surface area (Å²) in [5.74, 6) is 1.48. The molecule has 2 atom stereocenters. The Morgan fingerprint density at radius 3 is 1.67 bits per heavy atom. The Kier molecular flexibility index (Phi) is 3.79. The van der Waals surface area contributed by atoms with E-state index in [1.807, 2.05) is 0 Å². The van der Waals surface area contributed by atoms with E-state index in [1.165, 1.54) is 6.42 Å². The first-order valence-electron chi connectivity index (χ1n) is 4.46. The first kappa shape index (κ1) is 11.2. The Balaban J connectivity index is 2.55. The Labute approximate surface area is 89.7 Å². The summed E-state index contributed by atoms with van der Waals surface area (Å²) in [6, 6.07) is -2.42. The predicted octanol–water partition coefficient (Wildman–Crippen LogP) is 4.47. The summed E-state index contributed by atoms with van der Waals surface area (Å²) in [6.45, 7) is 4.51. The zero-order valence-corrected chi connectivity index (χ0v) is 10.8. The van der Waals surface area contributed by atoms with Crippen molar-refractivity contribution in [3.05, 3.63) is 0 Å². The second-order valence-electron chi connectivity index (χ2n) is 4.16. The van der Waals surface area contributed by atoms with Crippen molar-refractivity contribution < 1.29 is 0 Å². The number of halogens is 3. The van der Waals surface area contributed by atoms with E-state index in [0.29, 0.717) is 5.54 Å². The van der Waals surface area contributed by atoms with Crippen molar-refractivity contribution in [1.29, 1.82) is 0 Å². The first-order chi connectivity index (χ1) is 5.39. The zero-order chi connectivity index (χ0) is 9.35. The smallest absolute Gasteiger partial charge is 0.126 e. The lowest BCUT2D eigenvalue weighted by Crippen LogP contribution is -2.28. The molecule has 0 N–H and O–H groups in total. The van der Waals surface area contributed by atoms with Gasteiger partial charge >= 0.3 is 6.00 Å². The summed E-state index contributed by atoms with van der Waals surface area (Å²) >= 11 is 18.0. The second-order valence-corrected chi connectivity index (χ2v) is 13.2. The Bertz CT molecular complexity index is 145. The van der Waals surface area contributed by atoms with Crippen LogP contribution in [0, 0.1) is 11.8 Å². The largest absolute Gasteiger partial charge is 0.344 e. The molecule has 0 aromatic heterocycles. The molecule has 0 bridgehead atoms. The van der Waals surface area contributed by atoms with E-state index in [-0.39, 0.29) is 0 Å². The van der Waals surface area contributed by atoms with Gasteiger partial charge in [0.1, 0.15) is 0 Å². The van der Waals surface area contributed by atoms with Crippen molar-refractivity contribution in [1.82, 2.24) is 0 Å². The summed E-state index contributed by atoms with van der Waals surface area (Å²) in [7, 11) is 0. The molecule has 0 nitrogen and oxygen atoms in total. The average molecular weight is 246 g/mol. The maximum Gasteiger partial charge on any atom is 0.344 e. The lowest BCUT2D eigenvalue weighted by atomic mass is 9.83. The fraction of sp³-hybridized carbons (Fsp3) is 1.00. The highest BCUT2D eigenvalue weighted by atomic mass is 35.8. The van der Waals surface area contributed by atoms with Crippen molar-refractivity contribution in [3.8, 4) is 0 Å². The van der Waals surface area contributed by atoms with Gasteiger partial charge in [0.05, 0.1) is 0 Å². The summed E-state index contributed by atoms with van der Waals surface area (Å²) < 4.78 is 0. The van der Waals surface area contributed by atoms with Crippen LogP contribution >= 0.6 is 33.2 Å². The van der Waals surface area contributed by atoms with Crippen LogP contribution in [-0.4, -0.2) is 6.00 Å². The van der Waals surface area contributed by atoms with E-state index in [9.17, 15) is 0 Å². The highest BCUT2D eigenvalue weighted by Gasteiger charge is 2.40. The summed E-state index contributed by atoms with van der Waals surface area (Å²) in [4.78, 5) is 0. The fourth-order valence-electron chi connectivity index (χ4n) is 2.21. The summed E-state index contributed by atoms with van der Waals surface area (Å²) in [6.07, 6.45) is 3.53. The number of hydrogen-bond donors (Lipinski definition) is 0. The van der Waals surface area contributed by atoms with E-state index < -0.39 is 6.00 Å². The van der Waals surface area contributed by atoms with Gasteiger partial charge in [-0.05, 0) is 36.6 Å². The molecule has 4 heteroatoms. The standard InChI is InChI=1S/C8H15Cl3Si/c1-6-3-7(2)5-8(4-6)12(9,10)11/h6-8H,3-5H2,1-2H3. The molecule has 0 spiro atoms. The van der Waals surface area contributed by atoms with Crippen LogP contribution in [-0.2, 0) is 0 Å². The van der Waals surface area contributed by atoms with Gasteiger partial charge in [-0.25, -0.2) is 0 Å². The van der Waals surface area contributed by atoms with Crippen molar-refractivity contribution in [2.75, 3.05) is 0 Å². The van der Waals surface area contributed by atoms with Gasteiger partial charge in [0.2, 0.25) is 0 Å². The fourth-order valence-corrected chi connectivity index (χ4v) is 5.16. The van der Waals surface area contributed by atoms with Crippen LogP contribution in [0.2, 0.25) is 5.54 Å². The van der Waals surface area contributed by atoms with Crippen LogP contribution in [0.5, 0.6) is 0 Å². The zero-order valence-electron chi connectivity index (χ0n) is 7.49. The van der Waals surface area contributed by atoms with Gasteiger partial charge in [-0.3, -0.25) is 0 Å². The highest BCUT2D eigenvalue weighted by Crippen LogP contribution is 2.47. The molecule has 0 aromatic carbocycles. The van der Waals surface area contributed by atoms with Gasteiger partial charge in [0, 0.05) is 0 Å². The molecule has 1 saturated carbocycles. The van der Waals surface area contributed by atoms with Gasteiger partial charge in [-0.15, -0.1) is 33.2 Å². The van der Waals surface area contributed by atoms with Crippen molar-refractivity contribution in [2.45, 2.75) is 38.7 Å². The van der Waals surface area contributed by atoms with Gasteiger partial charge < -0.3 is 0 Å². The first-order valence-corrected chi connectivity index (χ1v) is 9.57. The molecule has 0 aliphatic heterocycles. The minimum atomic E-state index is -2.42. The third-order valence-corrected chi connectivity index (χ3v) is 6.82. The molecule has 0 amide bonds. The van der Waals surface area contributed by atoms with Crippen LogP contribution < -0.4 is 0 Å². The predicted molar refractivity (Wildman–Crippen MR) is 59.2 cm³/mol. The molecule has 0 heterocycles. The molecular formula is C8H15Cl3Si. The van der Waals surface area contributed by atoms with Gasteiger partial charge in [0.25, 0.3) is 0 Å². The molecule has 72 valence electrons. The van der Waals surface area contributed by atoms with Crippen molar-refractivity contribution >= 4 is 39.2 Å². The molecule has 1 rings (SSSR count). The molecule has 1 aliphatic carbocycles. The molecule has 2 unspecified atom stereocenters. The van der Waals surface area contributed by atoms with Crippen molar-refractivity contribution in [2.24, 2.45) is 11.8 Å². The summed E-state index contributed by atoms with van der Waals surface area (Å²) in [5.41, 5.74) is 0.390. The quantitative estimate of drug-likeness (QED) is 0.472. The molecule has 0 radical (unpaired) electrons. The van der Waals surface area contributed by atoms with E-state index in [0.717, 1.165) is 24.7 Å². The van der Waals surface area contributed by atoms with Gasteiger partial charge in [-0.2, -0.15) is 0 Å². The lowest BCUT2D eigenvalue weighted by Gasteiger charge is -2.34. The molecular weight excluding hydrogens is 231 g/mol. The maximum atomic E-state index is 6.01. The van der Waals surface area contributed by atoms with Crippen molar-refractivity contribution in [3.63, 3.8) is 0 Å². The molecule has 1 aliphatic rings. The van der Waals surface area contributed by atoms with E-state index >= 15 is 0 Å². The molecule has 1 fully saturated rings. The average Bonchev–Trinajstić information content (AvgIpc) is 1.82. The van der Waals surface area contributed by atoms with E-state index in [4.69, 9.17) is 33.2 Å². The van der Waals surface area contributed by atoms with Crippen LogP contribution in [0.4, 0.5) is 0 Å². The van der Waals surface area contributed by atoms with Gasteiger partial charge in [0.15, 0.2) is 0 Å². The SMILES string of the molecule is CC1CC(C)CC([Si](Cl)(Cl)Cl)C1. The highest BCUT2D eigenvalue weighted by molar-refractivity contribution is 7.65. The van der Waals surface area contributed by atoms with Crippen LogP contribution in [0.3, 0.4) is 0 Å². The second kappa shape index (κ2) is 4.08. The minimum absolute atomic E-state index is 0.390. The Hall–Kier alpha value is 1.09. The van der Waals surface area contributed by atoms with E-state index in [2.05, 4.69) is 13.8 Å². The summed E-state index contributed by atoms with van der Waals surface area (Å²) in [5, 5.41) is 0. The van der Waals surface area contributed by atoms with Crippen LogP contribution in [0.1, 0.15) is 33.1 Å². The third kappa shape index (κ3) is 3.10. The number of rotatable bonds is 1. The lowest BCUT2D eigenvalue weighted by molar-refractivity contribution is 0.300. The molecule has 0 aromatic rings.